The average Bonchev–Trinajstić information content (AvgIpc) is 2.46. The summed E-state index contributed by atoms with van der Waals surface area (Å²) in [5, 5.41) is 9.55. The largest absolute Gasteiger partial charge is 0.396 e. The molecule has 1 unspecified atom stereocenters. The van der Waals surface area contributed by atoms with Crippen molar-refractivity contribution < 1.29 is 5.11 Å². The zero-order valence-electron chi connectivity index (χ0n) is 12.8. The van der Waals surface area contributed by atoms with Gasteiger partial charge in [-0.3, -0.25) is 0 Å². The van der Waals surface area contributed by atoms with Crippen LogP contribution in [0.5, 0.6) is 0 Å². The third-order valence-corrected chi connectivity index (χ3v) is 4.44. The summed E-state index contributed by atoms with van der Waals surface area (Å²) in [7, 11) is 0. The fraction of sp³-hybridized carbons (Fsp3) is 0.667. The fourth-order valence-corrected chi connectivity index (χ4v) is 3.07. The van der Waals surface area contributed by atoms with E-state index in [0.29, 0.717) is 5.92 Å². The van der Waals surface area contributed by atoms with Crippen molar-refractivity contribution in [3.8, 4) is 0 Å². The van der Waals surface area contributed by atoms with E-state index in [4.69, 9.17) is 0 Å². The fourth-order valence-electron chi connectivity index (χ4n) is 2.65. The molecule has 1 atom stereocenters. The molecular formula is C18H29BrO. The second-order valence-electron chi connectivity index (χ2n) is 5.70. The summed E-state index contributed by atoms with van der Waals surface area (Å²) < 4.78 is 1.10. The van der Waals surface area contributed by atoms with Gasteiger partial charge in [-0.25, -0.2) is 0 Å². The van der Waals surface area contributed by atoms with Gasteiger partial charge in [0.1, 0.15) is 0 Å². The van der Waals surface area contributed by atoms with E-state index >= 15 is 0 Å². The lowest BCUT2D eigenvalue weighted by molar-refractivity contribution is 0.256. The second kappa shape index (κ2) is 11.3. The molecule has 1 aromatic rings. The predicted molar refractivity (Wildman–Crippen MR) is 91.2 cm³/mol. The van der Waals surface area contributed by atoms with Crippen LogP contribution in [0, 0.1) is 0 Å². The molecule has 0 aliphatic rings. The maximum atomic E-state index is 9.55. The minimum absolute atomic E-state index is 0.257. The quantitative estimate of drug-likeness (QED) is 0.485. The molecule has 0 aliphatic heterocycles. The topological polar surface area (TPSA) is 20.2 Å². The van der Waals surface area contributed by atoms with E-state index in [9.17, 15) is 5.11 Å². The summed E-state index contributed by atoms with van der Waals surface area (Å²) in [6.07, 6.45) is 11.8. The monoisotopic (exact) mass is 340 g/mol. The van der Waals surface area contributed by atoms with Crippen molar-refractivity contribution >= 4 is 15.9 Å². The number of unbranched alkanes of at least 4 members (excludes halogenated alkanes) is 7. The molecule has 0 aromatic heterocycles. The standard InChI is InChI=1S/C18H29BrO/c1-2-3-4-5-6-7-8-9-11-17(15-20)16-12-10-13-18(19)14-16/h10,12-14,17,20H,2-9,11,15H2,1H3. The Balaban J connectivity index is 2.16. The van der Waals surface area contributed by atoms with Crippen molar-refractivity contribution in [2.45, 2.75) is 70.6 Å². The van der Waals surface area contributed by atoms with E-state index in [2.05, 4.69) is 41.1 Å². The maximum absolute atomic E-state index is 9.55. The molecule has 20 heavy (non-hydrogen) atoms. The summed E-state index contributed by atoms with van der Waals surface area (Å²) in [5.74, 6) is 0.299. The summed E-state index contributed by atoms with van der Waals surface area (Å²) in [6, 6.07) is 8.34. The van der Waals surface area contributed by atoms with Crippen LogP contribution in [0.4, 0.5) is 0 Å². The highest BCUT2D eigenvalue weighted by atomic mass is 79.9. The third kappa shape index (κ3) is 7.44. The van der Waals surface area contributed by atoms with Gasteiger partial charge in [0.25, 0.3) is 0 Å². The summed E-state index contributed by atoms with van der Waals surface area (Å²) in [6.45, 7) is 2.52. The van der Waals surface area contributed by atoms with Crippen LogP contribution in [0.3, 0.4) is 0 Å². The Morgan fingerprint density at radius 2 is 1.65 bits per heavy atom. The van der Waals surface area contributed by atoms with Crippen molar-refractivity contribution in [3.05, 3.63) is 34.3 Å². The molecule has 0 radical (unpaired) electrons. The van der Waals surface area contributed by atoms with Gasteiger partial charge in [-0.2, -0.15) is 0 Å². The number of rotatable bonds is 11. The van der Waals surface area contributed by atoms with Gasteiger partial charge in [-0.1, -0.05) is 86.4 Å². The smallest absolute Gasteiger partial charge is 0.0499 e. The van der Waals surface area contributed by atoms with Gasteiger partial charge in [0.05, 0.1) is 0 Å². The van der Waals surface area contributed by atoms with Crippen molar-refractivity contribution in [1.29, 1.82) is 0 Å². The normalized spacial score (nSPS) is 12.6. The molecule has 0 amide bonds. The molecule has 1 nitrogen and oxygen atoms in total. The zero-order valence-corrected chi connectivity index (χ0v) is 14.4. The van der Waals surface area contributed by atoms with E-state index in [1.165, 1.54) is 56.9 Å². The number of hydrogen-bond donors (Lipinski definition) is 1. The number of benzene rings is 1. The Hall–Kier alpha value is -0.340. The first-order valence-electron chi connectivity index (χ1n) is 8.14. The van der Waals surface area contributed by atoms with Gasteiger partial charge >= 0.3 is 0 Å². The molecule has 0 heterocycles. The molecule has 1 rings (SSSR count). The summed E-state index contributed by atoms with van der Waals surface area (Å²) in [4.78, 5) is 0. The van der Waals surface area contributed by atoms with Crippen LogP contribution in [-0.2, 0) is 0 Å². The van der Waals surface area contributed by atoms with Gasteiger partial charge in [0, 0.05) is 17.0 Å². The van der Waals surface area contributed by atoms with Gasteiger partial charge in [0.15, 0.2) is 0 Å². The summed E-state index contributed by atoms with van der Waals surface area (Å²) >= 11 is 3.50. The van der Waals surface area contributed by atoms with Crippen molar-refractivity contribution in [3.63, 3.8) is 0 Å². The van der Waals surface area contributed by atoms with Crippen LogP contribution in [0.1, 0.15) is 76.2 Å². The minimum Gasteiger partial charge on any atom is -0.396 e. The Kier molecular flexibility index (Phi) is 10.0. The lowest BCUT2D eigenvalue weighted by Crippen LogP contribution is -2.04. The zero-order chi connectivity index (χ0) is 14.6. The van der Waals surface area contributed by atoms with Crippen LogP contribution in [0.2, 0.25) is 0 Å². The molecule has 114 valence electrons. The summed E-state index contributed by atoms with van der Waals surface area (Å²) in [5.41, 5.74) is 1.25. The van der Waals surface area contributed by atoms with Crippen molar-refractivity contribution in [2.24, 2.45) is 0 Å². The highest BCUT2D eigenvalue weighted by Gasteiger charge is 2.10. The first-order chi connectivity index (χ1) is 9.77. The van der Waals surface area contributed by atoms with Crippen LogP contribution < -0.4 is 0 Å². The molecule has 0 bridgehead atoms. The first-order valence-corrected chi connectivity index (χ1v) is 8.93. The SMILES string of the molecule is CCCCCCCCCCC(CO)c1cccc(Br)c1. The van der Waals surface area contributed by atoms with E-state index in [1.807, 2.05) is 6.07 Å². The van der Waals surface area contributed by atoms with E-state index in [1.54, 1.807) is 0 Å². The molecule has 1 aromatic carbocycles. The third-order valence-electron chi connectivity index (χ3n) is 3.95. The molecule has 0 saturated carbocycles. The number of aliphatic hydroxyl groups is 1. The molecule has 0 fully saturated rings. The molecule has 0 saturated heterocycles. The van der Waals surface area contributed by atoms with E-state index < -0.39 is 0 Å². The van der Waals surface area contributed by atoms with Crippen LogP contribution >= 0.6 is 15.9 Å². The average molecular weight is 341 g/mol. The number of aliphatic hydroxyl groups excluding tert-OH is 1. The van der Waals surface area contributed by atoms with Gasteiger partial charge in [-0.15, -0.1) is 0 Å². The van der Waals surface area contributed by atoms with Crippen LogP contribution in [0.25, 0.3) is 0 Å². The molecule has 1 N–H and O–H groups in total. The van der Waals surface area contributed by atoms with E-state index in [-0.39, 0.29) is 6.61 Å². The lowest BCUT2D eigenvalue weighted by Gasteiger charge is -2.14. The second-order valence-corrected chi connectivity index (χ2v) is 6.61. The number of halogens is 1. The molecule has 0 spiro atoms. The van der Waals surface area contributed by atoms with Gasteiger partial charge in [-0.05, 0) is 24.1 Å². The molecule has 0 aliphatic carbocycles. The highest BCUT2D eigenvalue weighted by Crippen LogP contribution is 2.25. The Morgan fingerprint density at radius 1 is 1.00 bits per heavy atom. The minimum atomic E-state index is 0.257. The van der Waals surface area contributed by atoms with Crippen LogP contribution in [-0.4, -0.2) is 11.7 Å². The van der Waals surface area contributed by atoms with Crippen molar-refractivity contribution in [2.75, 3.05) is 6.61 Å². The Labute approximate surface area is 132 Å². The first kappa shape index (κ1) is 17.7. The van der Waals surface area contributed by atoms with E-state index in [0.717, 1.165) is 10.9 Å². The van der Waals surface area contributed by atoms with Gasteiger partial charge < -0.3 is 5.11 Å². The predicted octanol–water partition coefficient (Wildman–Crippen LogP) is 6.06. The molecular weight excluding hydrogens is 312 g/mol. The van der Waals surface area contributed by atoms with Crippen molar-refractivity contribution in [1.82, 2.24) is 0 Å². The maximum Gasteiger partial charge on any atom is 0.0499 e. The number of hydrogen-bond acceptors (Lipinski definition) is 1. The lowest BCUT2D eigenvalue weighted by atomic mass is 9.93. The highest BCUT2D eigenvalue weighted by molar-refractivity contribution is 9.10. The Bertz CT molecular complexity index is 351. The molecule has 2 heteroatoms. The van der Waals surface area contributed by atoms with Crippen LogP contribution in [0.15, 0.2) is 28.7 Å². The van der Waals surface area contributed by atoms with Gasteiger partial charge in [0.2, 0.25) is 0 Å². The Morgan fingerprint density at radius 3 is 2.25 bits per heavy atom.